The molecule has 0 aromatic rings. The van der Waals surface area contributed by atoms with Crippen LogP contribution < -0.4 is 5.73 Å². The van der Waals surface area contributed by atoms with Gasteiger partial charge in [-0.1, -0.05) is 6.92 Å². The van der Waals surface area contributed by atoms with Crippen LogP contribution in [0.5, 0.6) is 0 Å². The summed E-state index contributed by atoms with van der Waals surface area (Å²) in [4.78, 5) is 3.80. The van der Waals surface area contributed by atoms with Crippen molar-refractivity contribution in [2.45, 2.75) is 13.3 Å². The second-order valence-electron chi connectivity index (χ2n) is 1.65. The third-order valence-corrected chi connectivity index (χ3v) is 0.639. The van der Waals surface area contributed by atoms with E-state index < -0.39 is 0 Å². The van der Waals surface area contributed by atoms with Crippen molar-refractivity contribution >= 4 is 51.2 Å². The summed E-state index contributed by atoms with van der Waals surface area (Å²) < 4.78 is 4.53. The molecule has 11 heavy (non-hydrogen) atoms. The second kappa shape index (κ2) is 16.8. The Kier molecular flexibility index (Phi) is 26.9. The molecule has 70 valence electrons. The minimum Gasteiger partial charge on any atom is -0.471 e. The molecule has 0 fully saturated rings. The molecule has 0 atom stereocenters. The summed E-state index contributed by atoms with van der Waals surface area (Å²) in [7, 11) is 1.86. The average Bonchev–Trinajstić information content (AvgIpc) is 1.85. The smallest absolute Gasteiger partial charge is 0.150 e. The molecule has 0 aliphatic rings. The number of nitrogens with zero attached hydrogens (tertiary/aromatic N) is 1. The van der Waals surface area contributed by atoms with Crippen LogP contribution in [0.2, 0.25) is 0 Å². The standard InChI is InChI=1S/C4H10N2S.ClH.H6OSi2/c1-2-3-6-4(5)7;;2-1-3/h2-3H2,1H3,(H3,5,6,7);1H;2-3H3. The normalized spacial score (nSPS) is 9.82. The second-order valence-corrected chi connectivity index (χ2v) is 5.37. The Balaban J connectivity index is -0.000000140. The lowest BCUT2D eigenvalue weighted by Crippen LogP contribution is -2.02. The zero-order valence-corrected chi connectivity index (χ0v) is 12.9. The van der Waals surface area contributed by atoms with Crippen molar-refractivity contribution in [1.29, 1.82) is 0 Å². The first-order valence-electron chi connectivity index (χ1n) is 3.08. The van der Waals surface area contributed by atoms with Gasteiger partial charge < -0.3 is 9.85 Å². The maximum atomic E-state index is 5.09. The summed E-state index contributed by atoms with van der Waals surface area (Å²) in [5.74, 6) is 0. The van der Waals surface area contributed by atoms with Crippen LogP contribution in [0.1, 0.15) is 13.3 Å². The summed E-state index contributed by atoms with van der Waals surface area (Å²) in [5.41, 5.74) is 5.09. The molecule has 0 heterocycles. The van der Waals surface area contributed by atoms with E-state index in [2.05, 4.69) is 21.7 Å². The Morgan fingerprint density at radius 1 is 1.64 bits per heavy atom. The van der Waals surface area contributed by atoms with Crippen molar-refractivity contribution in [2.24, 2.45) is 10.7 Å². The van der Waals surface area contributed by atoms with E-state index in [0.29, 0.717) is 5.17 Å². The third kappa shape index (κ3) is 37.4. The zero-order valence-electron chi connectivity index (χ0n) is 7.20. The van der Waals surface area contributed by atoms with Gasteiger partial charge in [-0.3, -0.25) is 4.99 Å². The third-order valence-electron chi connectivity index (χ3n) is 0.497. The molecule has 0 saturated carbocycles. The summed E-state index contributed by atoms with van der Waals surface area (Å²) in [6.07, 6.45) is 1.03. The van der Waals surface area contributed by atoms with E-state index in [0.717, 1.165) is 33.9 Å². The lowest BCUT2D eigenvalue weighted by atomic mass is 10.5. The summed E-state index contributed by atoms with van der Waals surface area (Å²) in [6, 6.07) is 0. The Bertz CT molecular complexity index is 92.2. The Labute approximate surface area is 86.1 Å². The minimum atomic E-state index is 0. The fourth-order valence-corrected chi connectivity index (χ4v) is 0.326. The molecule has 0 aliphatic carbocycles. The van der Waals surface area contributed by atoms with Gasteiger partial charge in [0.25, 0.3) is 0 Å². The van der Waals surface area contributed by atoms with Gasteiger partial charge in [-0.25, -0.2) is 0 Å². The van der Waals surface area contributed by atoms with Gasteiger partial charge in [-0.05, 0) is 6.42 Å². The van der Waals surface area contributed by atoms with Gasteiger partial charge in [0.05, 0.1) is 0 Å². The van der Waals surface area contributed by atoms with Crippen molar-refractivity contribution in [3.05, 3.63) is 0 Å². The Morgan fingerprint density at radius 2 is 2.00 bits per heavy atom. The van der Waals surface area contributed by atoms with Crippen molar-refractivity contribution < 1.29 is 4.12 Å². The monoisotopic (exact) mass is 232 g/mol. The molecule has 0 aliphatic heterocycles. The summed E-state index contributed by atoms with van der Waals surface area (Å²) >= 11 is 3.76. The van der Waals surface area contributed by atoms with Gasteiger partial charge in [-0.2, -0.15) is 0 Å². The maximum Gasteiger partial charge on any atom is 0.150 e. The molecular formula is C4H17ClN2OSSi2. The largest absolute Gasteiger partial charge is 0.471 e. The number of hydrogen-bond donors (Lipinski definition) is 2. The number of aliphatic imine (C=N–C) groups is 1. The maximum absolute atomic E-state index is 5.09. The molecule has 0 amide bonds. The van der Waals surface area contributed by atoms with Gasteiger partial charge in [-0.15, -0.1) is 25.0 Å². The van der Waals surface area contributed by atoms with E-state index in [1.165, 1.54) is 0 Å². The molecule has 3 nitrogen and oxygen atoms in total. The van der Waals surface area contributed by atoms with Gasteiger partial charge in [0.15, 0.2) is 5.17 Å². The Hall–Kier alpha value is 0.504. The number of halogens is 1. The van der Waals surface area contributed by atoms with Gasteiger partial charge >= 0.3 is 0 Å². The quantitative estimate of drug-likeness (QED) is 0.267. The minimum absolute atomic E-state index is 0. The lowest BCUT2D eigenvalue weighted by Gasteiger charge is -1.85. The van der Waals surface area contributed by atoms with Crippen LogP contribution in [-0.2, 0) is 4.12 Å². The topological polar surface area (TPSA) is 47.6 Å². The van der Waals surface area contributed by atoms with E-state index in [-0.39, 0.29) is 12.4 Å². The highest BCUT2D eigenvalue weighted by Gasteiger charge is 1.74. The lowest BCUT2D eigenvalue weighted by molar-refractivity contribution is 0.690. The van der Waals surface area contributed by atoms with Crippen LogP contribution in [0.3, 0.4) is 0 Å². The first-order valence-corrected chi connectivity index (χ1v) is 5.16. The van der Waals surface area contributed by atoms with Crippen molar-refractivity contribution in [3.8, 4) is 0 Å². The van der Waals surface area contributed by atoms with Crippen LogP contribution in [0.25, 0.3) is 0 Å². The van der Waals surface area contributed by atoms with Gasteiger partial charge in [0.2, 0.25) is 0 Å². The van der Waals surface area contributed by atoms with Gasteiger partial charge in [0, 0.05) is 6.54 Å². The number of amidine groups is 1. The molecule has 0 aromatic carbocycles. The molecule has 0 unspecified atom stereocenters. The summed E-state index contributed by atoms with van der Waals surface area (Å²) in [5, 5.41) is 0.377. The van der Waals surface area contributed by atoms with E-state index in [1.54, 1.807) is 0 Å². The highest BCUT2D eigenvalue weighted by molar-refractivity contribution is 7.96. The molecule has 2 N–H and O–H groups in total. The molecule has 0 spiro atoms. The van der Waals surface area contributed by atoms with Crippen LogP contribution in [0.4, 0.5) is 0 Å². The van der Waals surface area contributed by atoms with Crippen molar-refractivity contribution in [1.82, 2.24) is 0 Å². The predicted octanol–water partition coefficient (Wildman–Crippen LogP) is -1.37. The van der Waals surface area contributed by atoms with E-state index in [4.69, 9.17) is 5.73 Å². The highest BCUT2D eigenvalue weighted by Crippen LogP contribution is 1.79. The number of hydrogen-bond acceptors (Lipinski definition) is 2. The van der Waals surface area contributed by atoms with Crippen LogP contribution in [0, 0.1) is 0 Å². The molecule has 0 aromatic heterocycles. The Morgan fingerprint density at radius 3 is 2.09 bits per heavy atom. The molecule has 0 rings (SSSR count). The average molecular weight is 233 g/mol. The number of nitrogens with two attached hydrogens (primary N) is 1. The van der Waals surface area contributed by atoms with Crippen molar-refractivity contribution in [3.63, 3.8) is 0 Å². The highest BCUT2D eigenvalue weighted by atomic mass is 35.5. The molecular weight excluding hydrogens is 216 g/mol. The van der Waals surface area contributed by atoms with E-state index in [1.807, 2.05) is 6.92 Å². The summed E-state index contributed by atoms with van der Waals surface area (Å²) in [6.45, 7) is 2.83. The fraction of sp³-hybridized carbons (Fsp3) is 0.750. The molecule has 0 saturated heterocycles. The fourth-order valence-electron chi connectivity index (χ4n) is 0.226. The molecule has 0 bridgehead atoms. The first kappa shape index (κ1) is 17.6. The predicted molar refractivity (Wildman–Crippen MR) is 64.0 cm³/mol. The zero-order chi connectivity index (χ0) is 8.41. The number of thiol groups is 1. The van der Waals surface area contributed by atoms with E-state index >= 15 is 0 Å². The van der Waals surface area contributed by atoms with E-state index in [9.17, 15) is 0 Å². The number of rotatable bonds is 2. The van der Waals surface area contributed by atoms with Crippen LogP contribution >= 0.6 is 25.0 Å². The SMILES string of the molecule is CCCN=C(N)S.Cl.[SiH3]O[SiH3]. The first-order chi connectivity index (χ1) is 4.68. The van der Waals surface area contributed by atoms with Crippen molar-refractivity contribution in [2.75, 3.05) is 6.54 Å². The molecule has 0 radical (unpaired) electrons. The van der Waals surface area contributed by atoms with Crippen LogP contribution in [0.15, 0.2) is 4.99 Å². The van der Waals surface area contributed by atoms with Gasteiger partial charge in [0.1, 0.15) is 21.0 Å². The molecule has 7 heteroatoms. The van der Waals surface area contributed by atoms with Crippen LogP contribution in [-0.4, -0.2) is 32.7 Å².